The molecule has 0 unspecified atom stereocenters. The summed E-state index contributed by atoms with van der Waals surface area (Å²) in [5, 5.41) is 2.61. The highest BCUT2D eigenvalue weighted by molar-refractivity contribution is 5.51. The van der Waals surface area contributed by atoms with Crippen LogP contribution in [0.5, 0.6) is 0 Å². The molecule has 1 rings (SSSR count). The molecule has 0 spiro atoms. The van der Waals surface area contributed by atoms with Crippen LogP contribution in [-0.2, 0) is 4.79 Å². The molecule has 90 valence electrons. The molecule has 0 radical (unpaired) electrons. The molecular formula is C14H23NO. The molecule has 2 nitrogen and oxygen atoms in total. The van der Waals surface area contributed by atoms with Gasteiger partial charge in [0.05, 0.1) is 0 Å². The Bertz CT molecular complexity index is 260. The van der Waals surface area contributed by atoms with Crippen molar-refractivity contribution >= 4 is 6.41 Å². The van der Waals surface area contributed by atoms with Crippen LogP contribution in [-0.4, -0.2) is 6.41 Å². The highest BCUT2D eigenvalue weighted by Crippen LogP contribution is 2.30. The predicted octanol–water partition coefficient (Wildman–Crippen LogP) is 3.55. The van der Waals surface area contributed by atoms with E-state index < -0.39 is 0 Å². The highest BCUT2D eigenvalue weighted by Gasteiger charge is 2.15. The molecule has 0 aromatic heterocycles. The van der Waals surface area contributed by atoms with Crippen LogP contribution < -0.4 is 5.32 Å². The van der Waals surface area contributed by atoms with Crippen molar-refractivity contribution in [2.24, 2.45) is 5.92 Å². The summed E-state index contributed by atoms with van der Waals surface area (Å²) < 4.78 is 0. The SMILES string of the molecule is C=C(/C=C(\CC)C1CCCCCC1)NC=O. The van der Waals surface area contributed by atoms with Crippen molar-refractivity contribution in [3.05, 3.63) is 23.9 Å². The Balaban J connectivity index is 2.63. The standard InChI is InChI=1S/C14H23NO/c1-3-13(10-12(2)15-11-16)14-8-6-4-5-7-9-14/h10-11,14H,2-9H2,1H3,(H,15,16)/b13-10+. The largest absolute Gasteiger partial charge is 0.329 e. The molecule has 0 atom stereocenters. The van der Waals surface area contributed by atoms with Gasteiger partial charge in [-0.15, -0.1) is 0 Å². The first-order valence-corrected chi connectivity index (χ1v) is 6.37. The lowest BCUT2D eigenvalue weighted by molar-refractivity contribution is -0.108. The fraction of sp³-hybridized carbons (Fsp3) is 0.643. The van der Waals surface area contributed by atoms with Gasteiger partial charge in [0.2, 0.25) is 6.41 Å². The van der Waals surface area contributed by atoms with Gasteiger partial charge in [0.1, 0.15) is 0 Å². The molecule has 0 saturated heterocycles. The summed E-state index contributed by atoms with van der Waals surface area (Å²) in [5.41, 5.74) is 2.16. The molecule has 0 aliphatic heterocycles. The Morgan fingerprint density at radius 2 is 1.94 bits per heavy atom. The summed E-state index contributed by atoms with van der Waals surface area (Å²) in [6.07, 6.45) is 11.9. The summed E-state index contributed by atoms with van der Waals surface area (Å²) in [4.78, 5) is 10.3. The lowest BCUT2D eigenvalue weighted by Crippen LogP contribution is -2.10. The number of allylic oxidation sites excluding steroid dienone is 2. The Kier molecular flexibility index (Phi) is 5.91. The zero-order valence-corrected chi connectivity index (χ0v) is 10.3. The monoisotopic (exact) mass is 221 g/mol. The van der Waals surface area contributed by atoms with E-state index in [1.807, 2.05) is 0 Å². The van der Waals surface area contributed by atoms with E-state index in [-0.39, 0.29) is 0 Å². The maximum atomic E-state index is 10.3. The van der Waals surface area contributed by atoms with Crippen molar-refractivity contribution in [2.75, 3.05) is 0 Å². The summed E-state index contributed by atoms with van der Waals surface area (Å²) in [7, 11) is 0. The second-order valence-electron chi connectivity index (χ2n) is 4.55. The normalized spacial score (nSPS) is 18.9. The number of rotatable bonds is 5. The van der Waals surface area contributed by atoms with Gasteiger partial charge in [0.15, 0.2) is 0 Å². The van der Waals surface area contributed by atoms with E-state index >= 15 is 0 Å². The zero-order chi connectivity index (χ0) is 11.8. The first-order chi connectivity index (χ1) is 7.77. The van der Waals surface area contributed by atoms with Crippen molar-refractivity contribution in [1.82, 2.24) is 5.32 Å². The summed E-state index contributed by atoms with van der Waals surface area (Å²) >= 11 is 0. The van der Waals surface area contributed by atoms with Gasteiger partial charge >= 0.3 is 0 Å². The maximum absolute atomic E-state index is 10.3. The molecule has 0 aromatic carbocycles. The summed E-state index contributed by atoms with van der Waals surface area (Å²) in [6.45, 7) is 6.02. The predicted molar refractivity (Wildman–Crippen MR) is 67.9 cm³/mol. The third-order valence-corrected chi connectivity index (χ3v) is 3.39. The summed E-state index contributed by atoms with van der Waals surface area (Å²) in [5.74, 6) is 0.706. The van der Waals surface area contributed by atoms with E-state index in [2.05, 4.69) is 24.9 Å². The van der Waals surface area contributed by atoms with Gasteiger partial charge in [-0.2, -0.15) is 0 Å². The van der Waals surface area contributed by atoms with Crippen LogP contribution in [0.1, 0.15) is 51.9 Å². The molecule has 1 saturated carbocycles. The Labute approximate surface area is 98.8 Å². The number of nitrogens with one attached hydrogen (secondary N) is 1. The quantitative estimate of drug-likeness (QED) is 0.429. The average molecular weight is 221 g/mol. The van der Waals surface area contributed by atoms with Crippen molar-refractivity contribution in [1.29, 1.82) is 0 Å². The second kappa shape index (κ2) is 7.26. The molecular weight excluding hydrogens is 198 g/mol. The number of carbonyl (C=O) groups excluding carboxylic acids is 1. The smallest absolute Gasteiger partial charge is 0.211 e. The van der Waals surface area contributed by atoms with Crippen LogP contribution in [0.4, 0.5) is 0 Å². The Hall–Kier alpha value is -1.05. The fourth-order valence-electron chi connectivity index (χ4n) is 2.50. The number of carbonyl (C=O) groups is 1. The van der Waals surface area contributed by atoms with Gasteiger partial charge in [-0.05, 0) is 31.3 Å². The van der Waals surface area contributed by atoms with Crippen molar-refractivity contribution in [3.8, 4) is 0 Å². The minimum Gasteiger partial charge on any atom is -0.329 e. The Morgan fingerprint density at radius 3 is 2.44 bits per heavy atom. The molecule has 2 heteroatoms. The van der Waals surface area contributed by atoms with Crippen LogP contribution in [0.25, 0.3) is 0 Å². The van der Waals surface area contributed by atoms with E-state index in [4.69, 9.17) is 0 Å². The van der Waals surface area contributed by atoms with Crippen LogP contribution in [0, 0.1) is 5.92 Å². The molecule has 0 aromatic rings. The van der Waals surface area contributed by atoms with Crippen LogP contribution in [0.2, 0.25) is 0 Å². The minimum absolute atomic E-state index is 0.694. The molecule has 1 fully saturated rings. The number of hydrogen-bond acceptors (Lipinski definition) is 1. The third kappa shape index (κ3) is 4.21. The summed E-state index contributed by atoms with van der Waals surface area (Å²) in [6, 6.07) is 0. The molecule has 0 heterocycles. The van der Waals surface area contributed by atoms with Gasteiger partial charge < -0.3 is 5.32 Å². The van der Waals surface area contributed by atoms with Crippen molar-refractivity contribution in [2.45, 2.75) is 51.9 Å². The highest BCUT2D eigenvalue weighted by atomic mass is 16.1. The molecule has 0 bridgehead atoms. The second-order valence-corrected chi connectivity index (χ2v) is 4.55. The molecule has 16 heavy (non-hydrogen) atoms. The van der Waals surface area contributed by atoms with E-state index in [1.165, 1.54) is 44.1 Å². The topological polar surface area (TPSA) is 29.1 Å². The minimum atomic E-state index is 0.694. The van der Waals surface area contributed by atoms with Gasteiger partial charge in [0.25, 0.3) is 0 Å². The van der Waals surface area contributed by atoms with Crippen molar-refractivity contribution < 1.29 is 4.79 Å². The Morgan fingerprint density at radius 1 is 1.31 bits per heavy atom. The third-order valence-electron chi connectivity index (χ3n) is 3.39. The van der Waals surface area contributed by atoms with Crippen LogP contribution >= 0.6 is 0 Å². The van der Waals surface area contributed by atoms with Gasteiger partial charge in [-0.3, -0.25) is 4.79 Å². The van der Waals surface area contributed by atoms with Gasteiger partial charge in [-0.1, -0.05) is 44.8 Å². The first-order valence-electron chi connectivity index (χ1n) is 6.37. The lowest BCUT2D eigenvalue weighted by Gasteiger charge is -2.17. The van der Waals surface area contributed by atoms with E-state index in [0.717, 1.165) is 12.1 Å². The zero-order valence-electron chi connectivity index (χ0n) is 10.3. The lowest BCUT2D eigenvalue weighted by atomic mass is 9.89. The fourth-order valence-corrected chi connectivity index (χ4v) is 2.50. The molecule has 1 aliphatic rings. The van der Waals surface area contributed by atoms with E-state index in [0.29, 0.717) is 12.3 Å². The van der Waals surface area contributed by atoms with E-state index in [1.54, 1.807) is 0 Å². The first kappa shape index (κ1) is 13.0. The van der Waals surface area contributed by atoms with Gasteiger partial charge in [-0.25, -0.2) is 0 Å². The van der Waals surface area contributed by atoms with Gasteiger partial charge in [0, 0.05) is 5.70 Å². The van der Waals surface area contributed by atoms with Crippen LogP contribution in [0.15, 0.2) is 23.9 Å². The molecule has 1 aliphatic carbocycles. The van der Waals surface area contributed by atoms with Crippen LogP contribution in [0.3, 0.4) is 0 Å². The molecule has 1 amide bonds. The average Bonchev–Trinajstić information content (AvgIpc) is 2.55. The molecule has 1 N–H and O–H groups in total. The van der Waals surface area contributed by atoms with E-state index in [9.17, 15) is 4.79 Å². The number of amides is 1. The van der Waals surface area contributed by atoms with Crippen molar-refractivity contribution in [3.63, 3.8) is 0 Å². The maximum Gasteiger partial charge on any atom is 0.211 e. The number of hydrogen-bond donors (Lipinski definition) is 1.